The quantitative estimate of drug-likeness (QED) is 0.878. The molecule has 0 spiro atoms. The fourth-order valence-electron chi connectivity index (χ4n) is 1.89. The van der Waals surface area contributed by atoms with Crippen LogP contribution >= 0.6 is 0 Å². The summed E-state index contributed by atoms with van der Waals surface area (Å²) in [7, 11) is 1.25. The van der Waals surface area contributed by atoms with Gasteiger partial charge in [-0.25, -0.2) is 17.6 Å². The predicted octanol–water partition coefficient (Wildman–Crippen LogP) is 3.30. The van der Waals surface area contributed by atoms with Gasteiger partial charge in [0.2, 0.25) is 0 Å². The van der Waals surface area contributed by atoms with Crippen LogP contribution < -0.4 is 10.5 Å². The molecule has 2 nitrogen and oxygen atoms in total. The fourth-order valence-corrected chi connectivity index (χ4v) is 1.89. The van der Waals surface area contributed by atoms with Crippen LogP contribution in [0.2, 0.25) is 0 Å². The minimum absolute atomic E-state index is 0.0318. The fraction of sp³-hybridized carbons (Fsp3) is 0.143. The first-order chi connectivity index (χ1) is 9.45. The average Bonchev–Trinajstić information content (AvgIpc) is 2.40. The highest BCUT2D eigenvalue weighted by Gasteiger charge is 2.23. The third kappa shape index (κ3) is 2.46. The molecule has 0 heterocycles. The lowest BCUT2D eigenvalue weighted by Gasteiger charge is -2.16. The predicted molar refractivity (Wildman–Crippen MR) is 65.3 cm³/mol. The van der Waals surface area contributed by atoms with Crippen LogP contribution in [-0.4, -0.2) is 7.11 Å². The van der Waals surface area contributed by atoms with Gasteiger partial charge in [-0.2, -0.15) is 0 Å². The topological polar surface area (TPSA) is 35.2 Å². The van der Waals surface area contributed by atoms with Crippen molar-refractivity contribution < 1.29 is 22.3 Å². The van der Waals surface area contributed by atoms with Gasteiger partial charge in [-0.15, -0.1) is 0 Å². The summed E-state index contributed by atoms with van der Waals surface area (Å²) in [6.45, 7) is 0. The SMILES string of the molecule is COc1cc(F)c(C(N)c2cccc(F)c2F)c(F)c1. The van der Waals surface area contributed by atoms with Crippen molar-refractivity contribution in [2.75, 3.05) is 7.11 Å². The molecule has 0 aliphatic carbocycles. The second-order valence-corrected chi connectivity index (χ2v) is 4.13. The number of hydrogen-bond acceptors (Lipinski definition) is 2. The summed E-state index contributed by atoms with van der Waals surface area (Å²) in [4.78, 5) is 0. The van der Waals surface area contributed by atoms with Crippen LogP contribution in [0.3, 0.4) is 0 Å². The third-order valence-electron chi connectivity index (χ3n) is 2.92. The van der Waals surface area contributed by atoms with Gasteiger partial charge in [0.15, 0.2) is 11.6 Å². The highest BCUT2D eigenvalue weighted by Crippen LogP contribution is 2.30. The van der Waals surface area contributed by atoms with Crippen LogP contribution in [-0.2, 0) is 0 Å². The van der Waals surface area contributed by atoms with Gasteiger partial charge < -0.3 is 10.5 Å². The molecule has 0 bridgehead atoms. The molecule has 0 saturated carbocycles. The van der Waals surface area contributed by atoms with E-state index in [1.165, 1.54) is 19.2 Å². The van der Waals surface area contributed by atoms with Crippen molar-refractivity contribution in [2.24, 2.45) is 5.73 Å². The highest BCUT2D eigenvalue weighted by atomic mass is 19.2. The molecule has 1 atom stereocenters. The molecular weight excluding hydrogens is 274 g/mol. The van der Waals surface area contributed by atoms with Crippen LogP contribution in [0.15, 0.2) is 30.3 Å². The molecular formula is C14H11F4NO. The van der Waals surface area contributed by atoms with Gasteiger partial charge in [-0.3, -0.25) is 0 Å². The lowest BCUT2D eigenvalue weighted by molar-refractivity contribution is 0.404. The average molecular weight is 285 g/mol. The molecule has 106 valence electrons. The molecule has 0 aliphatic rings. The highest BCUT2D eigenvalue weighted by molar-refractivity contribution is 5.38. The minimum atomic E-state index is -1.46. The third-order valence-corrected chi connectivity index (χ3v) is 2.92. The van der Waals surface area contributed by atoms with Gasteiger partial charge >= 0.3 is 0 Å². The summed E-state index contributed by atoms with van der Waals surface area (Å²) < 4.78 is 59.2. The van der Waals surface area contributed by atoms with Crippen LogP contribution in [0.25, 0.3) is 0 Å². The number of halogens is 4. The maximum Gasteiger partial charge on any atom is 0.163 e. The second kappa shape index (κ2) is 5.50. The smallest absolute Gasteiger partial charge is 0.163 e. The minimum Gasteiger partial charge on any atom is -0.497 e. The van der Waals surface area contributed by atoms with Gasteiger partial charge in [0.25, 0.3) is 0 Å². The summed E-state index contributed by atoms with van der Waals surface area (Å²) in [5, 5.41) is 0. The van der Waals surface area contributed by atoms with Crippen LogP contribution in [0.5, 0.6) is 5.75 Å². The Labute approximate surface area is 112 Å². The number of hydrogen-bond donors (Lipinski definition) is 1. The maximum atomic E-state index is 13.9. The Morgan fingerprint density at radius 2 is 1.60 bits per heavy atom. The molecule has 2 aromatic carbocycles. The van der Waals surface area contributed by atoms with Gasteiger partial charge in [0.1, 0.15) is 17.4 Å². The summed E-state index contributed by atoms with van der Waals surface area (Å²) in [5.74, 6) is -4.37. The Bertz CT molecular complexity index is 622. The van der Waals surface area contributed by atoms with Gasteiger partial charge in [-0.1, -0.05) is 12.1 Å². The van der Waals surface area contributed by atoms with Crippen molar-refractivity contribution in [3.63, 3.8) is 0 Å². The van der Waals surface area contributed by atoms with Crippen LogP contribution in [0.4, 0.5) is 17.6 Å². The molecule has 0 amide bonds. The van der Waals surface area contributed by atoms with E-state index in [-0.39, 0.29) is 11.3 Å². The van der Waals surface area contributed by atoms with E-state index in [4.69, 9.17) is 10.5 Å². The first-order valence-corrected chi connectivity index (χ1v) is 5.68. The van der Waals surface area contributed by atoms with Crippen molar-refractivity contribution in [1.29, 1.82) is 0 Å². The number of rotatable bonds is 3. The Hall–Kier alpha value is -2.08. The van der Waals surface area contributed by atoms with Crippen molar-refractivity contribution in [2.45, 2.75) is 6.04 Å². The molecule has 0 radical (unpaired) electrons. The zero-order chi connectivity index (χ0) is 14.9. The van der Waals surface area contributed by atoms with E-state index in [2.05, 4.69) is 0 Å². The molecule has 2 aromatic rings. The van der Waals surface area contributed by atoms with E-state index in [9.17, 15) is 17.6 Å². The Morgan fingerprint density at radius 1 is 1.00 bits per heavy atom. The monoisotopic (exact) mass is 285 g/mol. The van der Waals surface area contributed by atoms with Crippen molar-refractivity contribution in [1.82, 2.24) is 0 Å². The first kappa shape index (κ1) is 14.3. The molecule has 0 saturated heterocycles. The number of benzene rings is 2. The zero-order valence-corrected chi connectivity index (χ0v) is 10.5. The van der Waals surface area contributed by atoms with E-state index < -0.39 is 34.9 Å². The second-order valence-electron chi connectivity index (χ2n) is 4.13. The molecule has 0 aliphatic heterocycles. The van der Waals surface area contributed by atoms with E-state index in [1.54, 1.807) is 0 Å². The lowest BCUT2D eigenvalue weighted by atomic mass is 9.97. The number of nitrogens with two attached hydrogens (primary N) is 1. The molecule has 0 aromatic heterocycles. The molecule has 20 heavy (non-hydrogen) atoms. The summed E-state index contributed by atoms with van der Waals surface area (Å²) in [5.41, 5.74) is 4.78. The summed E-state index contributed by atoms with van der Waals surface area (Å²) in [6, 6.07) is 3.67. The summed E-state index contributed by atoms with van der Waals surface area (Å²) in [6.07, 6.45) is 0. The molecule has 2 rings (SSSR count). The maximum absolute atomic E-state index is 13.9. The largest absolute Gasteiger partial charge is 0.497 e. The van der Waals surface area contributed by atoms with Crippen molar-refractivity contribution >= 4 is 0 Å². The molecule has 0 fully saturated rings. The van der Waals surface area contributed by atoms with Crippen molar-refractivity contribution in [3.05, 3.63) is 64.7 Å². The zero-order valence-electron chi connectivity index (χ0n) is 10.5. The number of methoxy groups -OCH3 is 1. The Balaban J connectivity index is 2.54. The van der Waals surface area contributed by atoms with E-state index in [1.807, 2.05) is 0 Å². The van der Waals surface area contributed by atoms with Gasteiger partial charge in [0, 0.05) is 23.3 Å². The molecule has 1 unspecified atom stereocenters. The number of ether oxygens (including phenoxy) is 1. The van der Waals surface area contributed by atoms with E-state index >= 15 is 0 Å². The normalized spacial score (nSPS) is 12.3. The standard InChI is InChI=1S/C14H11F4NO/c1-20-7-5-10(16)12(11(17)6-7)14(19)8-3-2-4-9(15)13(8)18/h2-6,14H,19H2,1H3. The van der Waals surface area contributed by atoms with Gasteiger partial charge in [0.05, 0.1) is 13.2 Å². The van der Waals surface area contributed by atoms with E-state index in [0.29, 0.717) is 0 Å². The van der Waals surface area contributed by atoms with E-state index in [0.717, 1.165) is 18.2 Å². The van der Waals surface area contributed by atoms with Crippen molar-refractivity contribution in [3.8, 4) is 5.75 Å². The van der Waals surface area contributed by atoms with Gasteiger partial charge in [-0.05, 0) is 6.07 Å². The lowest BCUT2D eigenvalue weighted by Crippen LogP contribution is -2.18. The Kier molecular flexibility index (Phi) is 3.94. The molecule has 6 heteroatoms. The molecule has 2 N–H and O–H groups in total. The summed E-state index contributed by atoms with van der Waals surface area (Å²) >= 11 is 0. The first-order valence-electron chi connectivity index (χ1n) is 5.68. The van der Waals surface area contributed by atoms with Crippen LogP contribution in [0, 0.1) is 23.3 Å². The van der Waals surface area contributed by atoms with Crippen LogP contribution in [0.1, 0.15) is 17.2 Å². The Morgan fingerprint density at radius 3 is 2.15 bits per heavy atom.